The van der Waals surface area contributed by atoms with E-state index in [2.05, 4.69) is 15.9 Å². The zero-order valence-corrected chi connectivity index (χ0v) is 10.7. The molecule has 1 aromatic carbocycles. The third kappa shape index (κ3) is 4.33. The Labute approximate surface area is 104 Å². The topological polar surface area (TPSA) is 46.5 Å². The number of ether oxygens (including phenoxy) is 1. The maximum absolute atomic E-state index is 11.0. The number of carboxylic acid groups (broad SMARTS) is 1. The summed E-state index contributed by atoms with van der Waals surface area (Å²) in [6.07, 6.45) is 0.464. The van der Waals surface area contributed by atoms with Gasteiger partial charge in [0.1, 0.15) is 0 Å². The first-order valence-electron chi connectivity index (χ1n) is 5.22. The number of halogens is 1. The molecular formula is C12H15BrO3. The molecule has 0 saturated carbocycles. The summed E-state index contributed by atoms with van der Waals surface area (Å²) >= 11 is 3.35. The first-order chi connectivity index (χ1) is 7.63. The third-order valence-corrected chi connectivity index (χ3v) is 2.60. The van der Waals surface area contributed by atoms with Gasteiger partial charge in [-0.25, -0.2) is 4.79 Å². The van der Waals surface area contributed by atoms with Crippen LogP contribution in [-0.2, 0) is 16.0 Å². The Morgan fingerprint density at radius 2 is 2.31 bits per heavy atom. The molecule has 3 nitrogen and oxygen atoms in total. The van der Waals surface area contributed by atoms with Crippen molar-refractivity contribution in [1.82, 2.24) is 0 Å². The van der Waals surface area contributed by atoms with E-state index in [-0.39, 0.29) is 0 Å². The van der Waals surface area contributed by atoms with Crippen molar-refractivity contribution in [2.75, 3.05) is 6.61 Å². The SMILES string of the molecule is CCCO[C@H](Cc1cccc(Br)c1)C(=O)O. The molecule has 0 heterocycles. The average molecular weight is 287 g/mol. The second-order valence-electron chi connectivity index (χ2n) is 3.53. The highest BCUT2D eigenvalue weighted by molar-refractivity contribution is 9.10. The molecular weight excluding hydrogens is 272 g/mol. The molecule has 1 N–H and O–H groups in total. The summed E-state index contributed by atoms with van der Waals surface area (Å²) in [4.78, 5) is 11.0. The zero-order chi connectivity index (χ0) is 12.0. The van der Waals surface area contributed by atoms with Gasteiger partial charge in [0, 0.05) is 17.5 Å². The van der Waals surface area contributed by atoms with Crippen LogP contribution in [0.1, 0.15) is 18.9 Å². The lowest BCUT2D eigenvalue weighted by Gasteiger charge is -2.13. The summed E-state index contributed by atoms with van der Waals surface area (Å²) in [6.45, 7) is 2.43. The Balaban J connectivity index is 2.64. The van der Waals surface area contributed by atoms with Gasteiger partial charge < -0.3 is 9.84 Å². The van der Waals surface area contributed by atoms with E-state index in [1.54, 1.807) is 0 Å². The number of hydrogen-bond donors (Lipinski definition) is 1. The molecule has 0 aliphatic carbocycles. The predicted octanol–water partition coefficient (Wildman–Crippen LogP) is 2.87. The van der Waals surface area contributed by atoms with Gasteiger partial charge in [0.2, 0.25) is 0 Å². The Kier molecular flexibility index (Phi) is 5.49. The minimum atomic E-state index is -0.909. The number of hydrogen-bond acceptors (Lipinski definition) is 2. The molecule has 0 spiro atoms. The molecule has 0 aromatic heterocycles. The molecule has 0 aliphatic heterocycles. The monoisotopic (exact) mass is 286 g/mol. The first-order valence-corrected chi connectivity index (χ1v) is 6.01. The number of rotatable bonds is 6. The van der Waals surface area contributed by atoms with Crippen molar-refractivity contribution in [3.63, 3.8) is 0 Å². The van der Waals surface area contributed by atoms with Crippen LogP contribution in [0.25, 0.3) is 0 Å². The van der Waals surface area contributed by atoms with Crippen molar-refractivity contribution in [2.24, 2.45) is 0 Å². The summed E-state index contributed by atoms with van der Waals surface area (Å²) in [7, 11) is 0. The van der Waals surface area contributed by atoms with E-state index < -0.39 is 12.1 Å². The van der Waals surface area contributed by atoms with Crippen molar-refractivity contribution in [2.45, 2.75) is 25.9 Å². The highest BCUT2D eigenvalue weighted by Gasteiger charge is 2.18. The second kappa shape index (κ2) is 6.66. The molecule has 1 rings (SSSR count). The highest BCUT2D eigenvalue weighted by atomic mass is 79.9. The van der Waals surface area contributed by atoms with Crippen LogP contribution >= 0.6 is 15.9 Å². The zero-order valence-electron chi connectivity index (χ0n) is 9.15. The lowest BCUT2D eigenvalue weighted by atomic mass is 10.1. The van der Waals surface area contributed by atoms with Gasteiger partial charge in [0.25, 0.3) is 0 Å². The summed E-state index contributed by atoms with van der Waals surface area (Å²) in [5.74, 6) is -0.909. The van der Waals surface area contributed by atoms with Crippen LogP contribution in [-0.4, -0.2) is 23.8 Å². The predicted molar refractivity (Wildman–Crippen MR) is 65.5 cm³/mol. The van der Waals surface area contributed by atoms with Gasteiger partial charge in [0.05, 0.1) is 0 Å². The quantitative estimate of drug-likeness (QED) is 0.875. The van der Waals surface area contributed by atoms with Crippen molar-refractivity contribution in [1.29, 1.82) is 0 Å². The van der Waals surface area contributed by atoms with Gasteiger partial charge in [-0.1, -0.05) is 35.0 Å². The summed E-state index contributed by atoms with van der Waals surface area (Å²) < 4.78 is 6.23. The van der Waals surface area contributed by atoms with Crippen molar-refractivity contribution in [3.8, 4) is 0 Å². The van der Waals surface area contributed by atoms with Crippen LogP contribution in [0.15, 0.2) is 28.7 Å². The fourth-order valence-corrected chi connectivity index (χ4v) is 1.80. The number of carbonyl (C=O) groups is 1. The van der Waals surface area contributed by atoms with E-state index in [0.717, 1.165) is 16.5 Å². The molecule has 1 atom stereocenters. The van der Waals surface area contributed by atoms with Gasteiger partial charge in [-0.05, 0) is 24.1 Å². The van der Waals surface area contributed by atoms with Crippen LogP contribution in [0, 0.1) is 0 Å². The van der Waals surface area contributed by atoms with Gasteiger partial charge in [-0.3, -0.25) is 0 Å². The second-order valence-corrected chi connectivity index (χ2v) is 4.45. The molecule has 0 aliphatic rings. The van der Waals surface area contributed by atoms with Gasteiger partial charge >= 0.3 is 5.97 Å². The normalized spacial score (nSPS) is 12.4. The third-order valence-electron chi connectivity index (χ3n) is 2.11. The average Bonchev–Trinajstić information content (AvgIpc) is 2.24. The van der Waals surface area contributed by atoms with E-state index >= 15 is 0 Å². The lowest BCUT2D eigenvalue weighted by molar-refractivity contribution is -0.150. The largest absolute Gasteiger partial charge is 0.479 e. The van der Waals surface area contributed by atoms with E-state index in [0.29, 0.717) is 13.0 Å². The van der Waals surface area contributed by atoms with Crippen LogP contribution < -0.4 is 0 Å². The summed E-state index contributed by atoms with van der Waals surface area (Å²) in [6, 6.07) is 7.60. The summed E-state index contributed by atoms with van der Waals surface area (Å²) in [5.41, 5.74) is 0.956. The molecule has 0 unspecified atom stereocenters. The smallest absolute Gasteiger partial charge is 0.333 e. The standard InChI is InChI=1S/C12H15BrO3/c1-2-6-16-11(12(14)15)8-9-4-3-5-10(13)7-9/h3-5,7,11H,2,6,8H2,1H3,(H,14,15)/t11-/m1/s1. The number of benzene rings is 1. The molecule has 0 bridgehead atoms. The van der Waals surface area contributed by atoms with Crippen LogP contribution in [0.5, 0.6) is 0 Å². The fourth-order valence-electron chi connectivity index (χ4n) is 1.36. The van der Waals surface area contributed by atoms with Gasteiger partial charge in [-0.15, -0.1) is 0 Å². The fraction of sp³-hybridized carbons (Fsp3) is 0.417. The Bertz CT molecular complexity index is 352. The maximum atomic E-state index is 11.0. The van der Waals surface area contributed by atoms with Crippen LogP contribution in [0.2, 0.25) is 0 Å². The van der Waals surface area contributed by atoms with Crippen molar-refractivity contribution in [3.05, 3.63) is 34.3 Å². The number of aliphatic carboxylic acids is 1. The molecule has 0 radical (unpaired) electrons. The lowest BCUT2D eigenvalue weighted by Crippen LogP contribution is -2.26. The van der Waals surface area contributed by atoms with E-state index in [4.69, 9.17) is 9.84 Å². The Hall–Kier alpha value is -0.870. The molecule has 0 amide bonds. The molecule has 4 heteroatoms. The maximum Gasteiger partial charge on any atom is 0.333 e. The van der Waals surface area contributed by atoms with Crippen LogP contribution in [0.4, 0.5) is 0 Å². The molecule has 16 heavy (non-hydrogen) atoms. The van der Waals surface area contributed by atoms with E-state index in [1.165, 1.54) is 0 Å². The highest BCUT2D eigenvalue weighted by Crippen LogP contribution is 2.14. The van der Waals surface area contributed by atoms with Crippen molar-refractivity contribution < 1.29 is 14.6 Å². The minimum Gasteiger partial charge on any atom is -0.479 e. The summed E-state index contributed by atoms with van der Waals surface area (Å²) in [5, 5.41) is 8.99. The van der Waals surface area contributed by atoms with Gasteiger partial charge in [-0.2, -0.15) is 0 Å². The molecule has 0 fully saturated rings. The first kappa shape index (κ1) is 13.2. The number of carboxylic acids is 1. The Morgan fingerprint density at radius 3 is 2.88 bits per heavy atom. The van der Waals surface area contributed by atoms with E-state index in [1.807, 2.05) is 31.2 Å². The molecule has 88 valence electrons. The van der Waals surface area contributed by atoms with Crippen molar-refractivity contribution >= 4 is 21.9 Å². The van der Waals surface area contributed by atoms with Gasteiger partial charge in [0.15, 0.2) is 6.10 Å². The molecule has 1 aromatic rings. The molecule has 0 saturated heterocycles. The van der Waals surface area contributed by atoms with E-state index in [9.17, 15) is 4.79 Å². The minimum absolute atomic E-state index is 0.398. The Morgan fingerprint density at radius 1 is 1.56 bits per heavy atom. The van der Waals surface area contributed by atoms with Crippen LogP contribution in [0.3, 0.4) is 0 Å².